The summed E-state index contributed by atoms with van der Waals surface area (Å²) in [4.78, 5) is 14.9. The highest BCUT2D eigenvalue weighted by Crippen LogP contribution is 2.18. The Morgan fingerprint density at radius 1 is 1.56 bits per heavy atom. The van der Waals surface area contributed by atoms with Crippen molar-refractivity contribution in [2.75, 3.05) is 5.32 Å². The van der Waals surface area contributed by atoms with Gasteiger partial charge in [-0.3, -0.25) is 0 Å². The number of aromatic carboxylic acids is 1. The predicted molar refractivity (Wildman–Crippen MR) is 64.8 cm³/mol. The molecule has 0 aliphatic heterocycles. The summed E-state index contributed by atoms with van der Waals surface area (Å²) >= 11 is 5.71. The maximum absolute atomic E-state index is 10.9. The fourth-order valence-corrected chi connectivity index (χ4v) is 1.56. The Morgan fingerprint density at radius 2 is 2.33 bits per heavy atom. The van der Waals surface area contributed by atoms with Gasteiger partial charge in [-0.2, -0.15) is 0 Å². The van der Waals surface area contributed by atoms with Crippen molar-refractivity contribution in [3.05, 3.63) is 40.4 Å². The lowest BCUT2D eigenvalue weighted by molar-refractivity contribution is 0.0697. The minimum atomic E-state index is -1.10. The van der Waals surface area contributed by atoms with E-state index >= 15 is 0 Å². The topological polar surface area (TPSA) is 88.2 Å². The van der Waals surface area contributed by atoms with Crippen LogP contribution in [0.2, 0.25) is 5.02 Å². The number of hydrogen-bond donors (Lipinski definition) is 2. The summed E-state index contributed by atoms with van der Waals surface area (Å²) in [5.74, 6) is -0.0482. The number of aromatic nitrogens is 2. The highest BCUT2D eigenvalue weighted by molar-refractivity contribution is 6.33. The minimum Gasteiger partial charge on any atom is -0.478 e. The Bertz CT molecular complexity index is 583. The summed E-state index contributed by atoms with van der Waals surface area (Å²) in [5.41, 5.74) is 0.782. The molecule has 0 radical (unpaired) electrons. The maximum atomic E-state index is 10.9. The average molecular weight is 268 g/mol. The van der Waals surface area contributed by atoms with Gasteiger partial charge in [0, 0.05) is 12.3 Å². The van der Waals surface area contributed by atoms with Gasteiger partial charge in [0.1, 0.15) is 5.82 Å². The van der Waals surface area contributed by atoms with Crippen molar-refractivity contribution in [2.24, 2.45) is 0 Å². The molecule has 0 fully saturated rings. The zero-order chi connectivity index (χ0) is 13.1. The molecule has 2 aromatic heterocycles. The Morgan fingerprint density at radius 3 is 2.94 bits per heavy atom. The Kier molecular flexibility index (Phi) is 3.47. The van der Waals surface area contributed by atoms with Crippen LogP contribution in [0.4, 0.5) is 5.82 Å². The third kappa shape index (κ3) is 2.78. The molecule has 0 saturated carbocycles. The second-order valence-electron chi connectivity index (χ2n) is 3.64. The smallest absolute Gasteiger partial charge is 0.337 e. The van der Waals surface area contributed by atoms with Crippen molar-refractivity contribution in [3.8, 4) is 0 Å². The molecule has 2 aromatic rings. The van der Waals surface area contributed by atoms with Crippen LogP contribution in [-0.2, 0) is 6.54 Å². The number of nitrogens with zero attached hydrogens (tertiary/aromatic N) is 2. The van der Waals surface area contributed by atoms with Crippen LogP contribution >= 0.6 is 11.6 Å². The van der Waals surface area contributed by atoms with Gasteiger partial charge in [0.05, 0.1) is 22.8 Å². The van der Waals surface area contributed by atoms with Crippen molar-refractivity contribution in [3.63, 3.8) is 0 Å². The number of pyridine rings is 1. The van der Waals surface area contributed by atoms with Crippen LogP contribution in [0.15, 0.2) is 22.9 Å². The van der Waals surface area contributed by atoms with Crippen LogP contribution in [-0.4, -0.2) is 21.2 Å². The van der Waals surface area contributed by atoms with E-state index in [1.807, 2.05) is 6.92 Å². The first-order chi connectivity index (χ1) is 8.56. The summed E-state index contributed by atoms with van der Waals surface area (Å²) in [5, 5.41) is 15.7. The normalized spacial score (nSPS) is 10.3. The number of rotatable bonds is 4. The molecule has 0 saturated heterocycles. The maximum Gasteiger partial charge on any atom is 0.337 e. The van der Waals surface area contributed by atoms with E-state index < -0.39 is 5.97 Å². The third-order valence-electron chi connectivity index (χ3n) is 2.21. The summed E-state index contributed by atoms with van der Waals surface area (Å²) in [7, 11) is 0. The number of carboxylic acid groups (broad SMARTS) is 1. The monoisotopic (exact) mass is 267 g/mol. The molecule has 18 heavy (non-hydrogen) atoms. The van der Waals surface area contributed by atoms with E-state index in [2.05, 4.69) is 15.5 Å². The summed E-state index contributed by atoms with van der Waals surface area (Å²) in [6.45, 7) is 2.19. The Hall–Kier alpha value is -2.08. The van der Waals surface area contributed by atoms with Crippen LogP contribution in [0.1, 0.15) is 21.8 Å². The number of carbonyl (C=O) groups is 1. The van der Waals surface area contributed by atoms with Crippen LogP contribution in [0.3, 0.4) is 0 Å². The van der Waals surface area contributed by atoms with Gasteiger partial charge < -0.3 is 14.9 Å². The fraction of sp³-hybridized carbons (Fsp3) is 0.182. The van der Waals surface area contributed by atoms with Crippen molar-refractivity contribution >= 4 is 23.4 Å². The first-order valence-electron chi connectivity index (χ1n) is 5.11. The standard InChI is InChI=1S/C11H10ClN3O3/c1-6-2-7(18-15-6)4-13-10-3-8(11(16)17)9(12)5-14-10/h2-3,5H,4H2,1H3,(H,13,14)(H,16,17). The molecule has 0 amide bonds. The van der Waals surface area contributed by atoms with Gasteiger partial charge in [0.25, 0.3) is 0 Å². The van der Waals surface area contributed by atoms with Gasteiger partial charge in [-0.25, -0.2) is 9.78 Å². The van der Waals surface area contributed by atoms with E-state index in [4.69, 9.17) is 21.2 Å². The van der Waals surface area contributed by atoms with Crippen molar-refractivity contribution in [2.45, 2.75) is 13.5 Å². The second kappa shape index (κ2) is 5.05. The number of hydrogen-bond acceptors (Lipinski definition) is 5. The number of anilines is 1. The highest BCUT2D eigenvalue weighted by atomic mass is 35.5. The summed E-state index contributed by atoms with van der Waals surface area (Å²) < 4.78 is 5.00. The average Bonchev–Trinajstić information content (AvgIpc) is 2.74. The van der Waals surface area contributed by atoms with Crippen LogP contribution in [0, 0.1) is 6.92 Å². The molecule has 94 valence electrons. The number of nitrogens with one attached hydrogen (secondary N) is 1. The molecular formula is C11H10ClN3O3. The Labute approximate surface area is 108 Å². The largest absolute Gasteiger partial charge is 0.478 e. The zero-order valence-corrected chi connectivity index (χ0v) is 10.2. The van der Waals surface area contributed by atoms with Gasteiger partial charge in [0.2, 0.25) is 0 Å². The molecule has 2 rings (SSSR count). The first-order valence-corrected chi connectivity index (χ1v) is 5.49. The summed E-state index contributed by atoms with van der Waals surface area (Å²) in [6.07, 6.45) is 1.29. The molecule has 2 N–H and O–H groups in total. The summed E-state index contributed by atoms with van der Waals surface area (Å²) in [6, 6.07) is 3.15. The molecule has 0 bridgehead atoms. The fourth-order valence-electron chi connectivity index (χ4n) is 1.38. The quantitative estimate of drug-likeness (QED) is 0.884. The number of aryl methyl sites for hydroxylation is 1. The van der Waals surface area contributed by atoms with E-state index in [-0.39, 0.29) is 10.6 Å². The lowest BCUT2D eigenvalue weighted by Crippen LogP contribution is -2.04. The van der Waals surface area contributed by atoms with Crippen LogP contribution < -0.4 is 5.32 Å². The number of halogens is 1. The van der Waals surface area contributed by atoms with Gasteiger partial charge in [0.15, 0.2) is 5.76 Å². The van der Waals surface area contributed by atoms with Crippen molar-refractivity contribution in [1.82, 2.24) is 10.1 Å². The van der Waals surface area contributed by atoms with Crippen LogP contribution in [0.25, 0.3) is 0 Å². The molecule has 6 nitrogen and oxygen atoms in total. The molecule has 7 heteroatoms. The zero-order valence-electron chi connectivity index (χ0n) is 9.48. The van der Waals surface area contributed by atoms with E-state index in [0.717, 1.165) is 5.69 Å². The lowest BCUT2D eigenvalue weighted by Gasteiger charge is -2.05. The first kappa shape index (κ1) is 12.4. The molecule has 0 aromatic carbocycles. The van der Waals surface area contributed by atoms with E-state index in [0.29, 0.717) is 18.1 Å². The van der Waals surface area contributed by atoms with Gasteiger partial charge in [-0.05, 0) is 13.0 Å². The van der Waals surface area contributed by atoms with Gasteiger partial charge in [-0.1, -0.05) is 16.8 Å². The number of carboxylic acids is 1. The molecular weight excluding hydrogens is 258 g/mol. The molecule has 0 atom stereocenters. The van der Waals surface area contributed by atoms with Crippen molar-refractivity contribution < 1.29 is 14.4 Å². The molecule has 0 unspecified atom stereocenters. The molecule has 0 spiro atoms. The second-order valence-corrected chi connectivity index (χ2v) is 4.05. The molecule has 0 aliphatic carbocycles. The third-order valence-corrected chi connectivity index (χ3v) is 2.51. The highest BCUT2D eigenvalue weighted by Gasteiger charge is 2.10. The predicted octanol–water partition coefficient (Wildman–Crippen LogP) is 2.34. The lowest BCUT2D eigenvalue weighted by atomic mass is 10.2. The molecule has 2 heterocycles. The SMILES string of the molecule is Cc1cc(CNc2cc(C(=O)O)c(Cl)cn2)on1. The van der Waals surface area contributed by atoms with Crippen molar-refractivity contribution in [1.29, 1.82) is 0 Å². The van der Waals surface area contributed by atoms with Gasteiger partial charge >= 0.3 is 5.97 Å². The van der Waals surface area contributed by atoms with E-state index in [9.17, 15) is 4.79 Å². The Balaban J connectivity index is 2.10. The van der Waals surface area contributed by atoms with E-state index in [1.54, 1.807) is 6.07 Å². The van der Waals surface area contributed by atoms with Gasteiger partial charge in [-0.15, -0.1) is 0 Å². The molecule has 0 aliphatic rings. The minimum absolute atomic E-state index is 0.00270. The van der Waals surface area contributed by atoms with Crippen LogP contribution in [0.5, 0.6) is 0 Å². The van der Waals surface area contributed by atoms with E-state index in [1.165, 1.54) is 12.3 Å².